The molecule has 0 aliphatic heterocycles. The number of hydrogen-bond donors (Lipinski definition) is 1. The molecular formula is C18H23N3O2. The maximum absolute atomic E-state index is 12.1. The van der Waals surface area contributed by atoms with Gasteiger partial charge in [-0.05, 0) is 57.0 Å². The molecule has 0 aliphatic rings. The average molecular weight is 313 g/mol. The van der Waals surface area contributed by atoms with Crippen LogP contribution in [0.1, 0.15) is 38.1 Å². The van der Waals surface area contributed by atoms with Crippen LogP contribution in [0.25, 0.3) is 0 Å². The van der Waals surface area contributed by atoms with E-state index in [-0.39, 0.29) is 11.8 Å². The minimum Gasteiger partial charge on any atom is -0.424 e. The van der Waals surface area contributed by atoms with Crippen molar-refractivity contribution in [3.8, 4) is 11.8 Å². The van der Waals surface area contributed by atoms with E-state index >= 15 is 0 Å². The van der Waals surface area contributed by atoms with Crippen LogP contribution in [-0.4, -0.2) is 15.9 Å². The minimum absolute atomic E-state index is 0.0506. The van der Waals surface area contributed by atoms with E-state index in [0.717, 1.165) is 29.9 Å². The molecule has 0 saturated heterocycles. The van der Waals surface area contributed by atoms with Gasteiger partial charge in [-0.25, -0.2) is 9.97 Å². The summed E-state index contributed by atoms with van der Waals surface area (Å²) in [5.41, 5.74) is 2.48. The molecule has 0 bridgehead atoms. The van der Waals surface area contributed by atoms with Gasteiger partial charge in [-0.2, -0.15) is 0 Å². The predicted octanol–water partition coefficient (Wildman–Crippen LogP) is 4.26. The fraction of sp³-hybridized carbons (Fsp3) is 0.389. The first-order chi connectivity index (χ1) is 11.0. The van der Waals surface area contributed by atoms with Crippen molar-refractivity contribution < 1.29 is 9.53 Å². The van der Waals surface area contributed by atoms with E-state index in [9.17, 15) is 4.79 Å². The maximum atomic E-state index is 12.1. The molecule has 0 saturated carbocycles. The standard InChI is InChI=1S/C18H23N3O2/c1-5-14(6-2)17(22)21-15-7-9-16(10-8-15)23-18-19-12(3)11-13(4)20-18/h7-11,14H,5-6H2,1-4H3,(H,21,22). The van der Waals surface area contributed by atoms with E-state index in [1.165, 1.54) is 0 Å². The van der Waals surface area contributed by atoms with Gasteiger partial charge in [-0.3, -0.25) is 4.79 Å². The second-order valence-electron chi connectivity index (χ2n) is 5.56. The summed E-state index contributed by atoms with van der Waals surface area (Å²) in [4.78, 5) is 20.5. The molecule has 1 amide bonds. The summed E-state index contributed by atoms with van der Waals surface area (Å²) in [5.74, 6) is 0.742. The molecule has 1 N–H and O–H groups in total. The van der Waals surface area contributed by atoms with Gasteiger partial charge < -0.3 is 10.1 Å². The Morgan fingerprint density at radius 1 is 1.09 bits per heavy atom. The first kappa shape index (κ1) is 16.9. The fourth-order valence-corrected chi connectivity index (χ4v) is 2.35. The van der Waals surface area contributed by atoms with E-state index in [4.69, 9.17) is 4.74 Å². The first-order valence-electron chi connectivity index (χ1n) is 7.92. The summed E-state index contributed by atoms with van der Waals surface area (Å²) < 4.78 is 5.65. The molecule has 0 fully saturated rings. The summed E-state index contributed by atoms with van der Waals surface area (Å²) in [7, 11) is 0. The number of carbonyl (C=O) groups excluding carboxylic acids is 1. The summed E-state index contributed by atoms with van der Waals surface area (Å²) >= 11 is 0. The Kier molecular flexibility index (Phi) is 5.68. The highest BCUT2D eigenvalue weighted by molar-refractivity contribution is 5.92. The third-order valence-electron chi connectivity index (χ3n) is 3.65. The third kappa shape index (κ3) is 4.77. The highest BCUT2D eigenvalue weighted by atomic mass is 16.5. The van der Waals surface area contributed by atoms with E-state index in [2.05, 4.69) is 15.3 Å². The minimum atomic E-state index is 0.0506. The van der Waals surface area contributed by atoms with Crippen molar-refractivity contribution >= 4 is 11.6 Å². The summed E-state index contributed by atoms with van der Waals surface area (Å²) in [6.45, 7) is 7.85. The molecule has 0 atom stereocenters. The number of rotatable bonds is 6. The Morgan fingerprint density at radius 3 is 2.17 bits per heavy atom. The van der Waals surface area contributed by atoms with Gasteiger partial charge in [0.05, 0.1) is 0 Å². The molecule has 23 heavy (non-hydrogen) atoms. The summed E-state index contributed by atoms with van der Waals surface area (Å²) in [6.07, 6.45) is 1.68. The number of aryl methyl sites for hydroxylation is 2. The van der Waals surface area contributed by atoms with Crippen molar-refractivity contribution in [1.29, 1.82) is 0 Å². The molecule has 2 rings (SSSR count). The highest BCUT2D eigenvalue weighted by Gasteiger charge is 2.14. The Labute approximate surface area is 137 Å². The van der Waals surface area contributed by atoms with Crippen LogP contribution in [0.3, 0.4) is 0 Å². The second-order valence-corrected chi connectivity index (χ2v) is 5.56. The van der Waals surface area contributed by atoms with Gasteiger partial charge >= 0.3 is 6.01 Å². The number of anilines is 1. The Hall–Kier alpha value is -2.43. The Morgan fingerprint density at radius 2 is 1.65 bits per heavy atom. The van der Waals surface area contributed by atoms with Crippen molar-refractivity contribution in [2.75, 3.05) is 5.32 Å². The third-order valence-corrected chi connectivity index (χ3v) is 3.65. The largest absolute Gasteiger partial charge is 0.424 e. The van der Waals surface area contributed by atoms with Gasteiger partial charge in [-0.1, -0.05) is 13.8 Å². The molecule has 0 spiro atoms. The number of nitrogens with one attached hydrogen (secondary N) is 1. The lowest BCUT2D eigenvalue weighted by Gasteiger charge is -2.13. The molecule has 0 unspecified atom stereocenters. The molecule has 0 aliphatic carbocycles. The highest BCUT2D eigenvalue weighted by Crippen LogP contribution is 2.21. The quantitative estimate of drug-likeness (QED) is 0.865. The van der Waals surface area contributed by atoms with Crippen LogP contribution in [-0.2, 0) is 4.79 Å². The normalized spacial score (nSPS) is 10.7. The monoisotopic (exact) mass is 313 g/mol. The van der Waals surface area contributed by atoms with Gasteiger partial charge in [-0.15, -0.1) is 0 Å². The van der Waals surface area contributed by atoms with Gasteiger partial charge in [0.15, 0.2) is 0 Å². The van der Waals surface area contributed by atoms with Crippen molar-refractivity contribution in [3.05, 3.63) is 41.7 Å². The van der Waals surface area contributed by atoms with Gasteiger partial charge in [0, 0.05) is 23.0 Å². The molecule has 1 aromatic heterocycles. The lowest BCUT2D eigenvalue weighted by atomic mass is 10.0. The predicted molar refractivity (Wildman–Crippen MR) is 90.7 cm³/mol. The second kappa shape index (κ2) is 7.72. The van der Waals surface area contributed by atoms with Gasteiger partial charge in [0.2, 0.25) is 5.91 Å². The Bertz CT molecular complexity index is 644. The van der Waals surface area contributed by atoms with Crippen LogP contribution < -0.4 is 10.1 Å². The molecule has 5 nitrogen and oxygen atoms in total. The van der Waals surface area contributed by atoms with E-state index in [1.54, 1.807) is 12.1 Å². The van der Waals surface area contributed by atoms with Crippen molar-refractivity contribution in [1.82, 2.24) is 9.97 Å². The smallest absolute Gasteiger partial charge is 0.322 e. The van der Waals surface area contributed by atoms with Crippen molar-refractivity contribution in [2.24, 2.45) is 5.92 Å². The topological polar surface area (TPSA) is 64.1 Å². The SMILES string of the molecule is CCC(CC)C(=O)Nc1ccc(Oc2nc(C)cc(C)n2)cc1. The van der Waals surface area contributed by atoms with Crippen LogP contribution >= 0.6 is 0 Å². The zero-order valence-corrected chi connectivity index (χ0v) is 14.1. The number of ether oxygens (including phenoxy) is 1. The van der Waals surface area contributed by atoms with E-state index < -0.39 is 0 Å². The molecule has 122 valence electrons. The van der Waals surface area contributed by atoms with E-state index in [0.29, 0.717) is 11.8 Å². The number of amides is 1. The first-order valence-corrected chi connectivity index (χ1v) is 7.92. The zero-order chi connectivity index (χ0) is 16.8. The number of carbonyl (C=O) groups is 1. The maximum Gasteiger partial charge on any atom is 0.322 e. The molecule has 0 radical (unpaired) electrons. The average Bonchev–Trinajstić information content (AvgIpc) is 2.49. The van der Waals surface area contributed by atoms with Crippen molar-refractivity contribution in [3.63, 3.8) is 0 Å². The van der Waals surface area contributed by atoms with E-state index in [1.807, 2.05) is 45.9 Å². The molecule has 1 aromatic carbocycles. The lowest BCUT2D eigenvalue weighted by Crippen LogP contribution is -2.21. The summed E-state index contributed by atoms with van der Waals surface area (Å²) in [6, 6.07) is 9.45. The lowest BCUT2D eigenvalue weighted by molar-refractivity contribution is -0.120. The number of nitrogens with zero attached hydrogens (tertiary/aromatic N) is 2. The molecule has 2 aromatic rings. The Balaban J connectivity index is 2.03. The fourth-order valence-electron chi connectivity index (χ4n) is 2.35. The van der Waals surface area contributed by atoms with Crippen LogP contribution in [0.5, 0.6) is 11.8 Å². The number of benzene rings is 1. The number of aromatic nitrogens is 2. The number of hydrogen-bond acceptors (Lipinski definition) is 4. The van der Waals surface area contributed by atoms with Gasteiger partial charge in [0.1, 0.15) is 5.75 Å². The van der Waals surface area contributed by atoms with Crippen molar-refractivity contribution in [2.45, 2.75) is 40.5 Å². The molecule has 5 heteroatoms. The van der Waals surface area contributed by atoms with Crippen LogP contribution in [0.2, 0.25) is 0 Å². The van der Waals surface area contributed by atoms with Crippen LogP contribution in [0.4, 0.5) is 5.69 Å². The van der Waals surface area contributed by atoms with Crippen LogP contribution in [0.15, 0.2) is 30.3 Å². The zero-order valence-electron chi connectivity index (χ0n) is 14.1. The molecule has 1 heterocycles. The van der Waals surface area contributed by atoms with Crippen LogP contribution in [0, 0.1) is 19.8 Å². The molecular weight excluding hydrogens is 290 g/mol. The summed E-state index contributed by atoms with van der Waals surface area (Å²) in [5, 5.41) is 2.93. The van der Waals surface area contributed by atoms with Gasteiger partial charge in [0.25, 0.3) is 0 Å².